The first-order chi connectivity index (χ1) is 12.5. The van der Waals surface area contributed by atoms with Crippen LogP contribution in [0, 0.1) is 13.8 Å². The molecule has 4 aromatic rings. The van der Waals surface area contributed by atoms with Gasteiger partial charge in [0.15, 0.2) is 5.13 Å². The van der Waals surface area contributed by atoms with E-state index in [4.69, 9.17) is 4.98 Å². The molecule has 0 spiro atoms. The highest BCUT2D eigenvalue weighted by molar-refractivity contribution is 7.20. The number of nitrogens with one attached hydrogen (secondary N) is 1. The van der Waals surface area contributed by atoms with Gasteiger partial charge in [-0.2, -0.15) is 0 Å². The zero-order valence-corrected chi connectivity index (χ0v) is 15.2. The molecule has 0 aliphatic heterocycles. The van der Waals surface area contributed by atoms with E-state index < -0.39 is 0 Å². The van der Waals surface area contributed by atoms with E-state index >= 15 is 0 Å². The molecule has 2 aromatic heterocycles. The Balaban J connectivity index is 1.65. The Hall–Kier alpha value is -3.12. The van der Waals surface area contributed by atoms with E-state index in [1.165, 1.54) is 12.1 Å². The molecular weight excluding hydrogens is 346 g/mol. The largest absolute Gasteiger partial charge is 0.508 e. The molecular formula is C20H17N3O2S. The fraction of sp³-hybridized carbons (Fsp3) is 0.100. The summed E-state index contributed by atoms with van der Waals surface area (Å²) in [5.41, 5.74) is 4.34. The molecule has 0 atom stereocenters. The molecule has 26 heavy (non-hydrogen) atoms. The van der Waals surface area contributed by atoms with Gasteiger partial charge in [-0.15, -0.1) is 0 Å². The number of carbonyl (C=O) groups is 1. The van der Waals surface area contributed by atoms with Gasteiger partial charge >= 0.3 is 0 Å². The van der Waals surface area contributed by atoms with Crippen molar-refractivity contribution in [1.29, 1.82) is 0 Å². The van der Waals surface area contributed by atoms with E-state index in [0.717, 1.165) is 26.7 Å². The number of thiazole rings is 1. The lowest BCUT2D eigenvalue weighted by Crippen LogP contribution is -2.11. The van der Waals surface area contributed by atoms with E-state index in [1.807, 2.05) is 12.1 Å². The maximum absolute atomic E-state index is 12.5. The van der Waals surface area contributed by atoms with Crippen LogP contribution in [0.4, 0.5) is 5.69 Å². The molecule has 0 bridgehead atoms. The predicted octanol–water partition coefficient (Wildman–Crippen LogP) is 4.66. The summed E-state index contributed by atoms with van der Waals surface area (Å²) in [6, 6.07) is 16.0. The molecule has 6 heteroatoms. The Bertz CT molecular complexity index is 1090. The van der Waals surface area contributed by atoms with Gasteiger partial charge in [-0.1, -0.05) is 11.3 Å². The van der Waals surface area contributed by atoms with Crippen molar-refractivity contribution < 1.29 is 9.90 Å². The lowest BCUT2D eigenvalue weighted by Gasteiger charge is -2.05. The lowest BCUT2D eigenvalue weighted by molar-refractivity contribution is 0.102. The van der Waals surface area contributed by atoms with Crippen molar-refractivity contribution in [2.24, 2.45) is 0 Å². The van der Waals surface area contributed by atoms with Crippen LogP contribution >= 0.6 is 11.3 Å². The van der Waals surface area contributed by atoms with Gasteiger partial charge in [0.05, 0.1) is 10.2 Å². The summed E-state index contributed by atoms with van der Waals surface area (Å²) in [5, 5.41) is 13.1. The van der Waals surface area contributed by atoms with Gasteiger partial charge in [-0.3, -0.25) is 9.36 Å². The number of aromatic nitrogens is 2. The SMILES string of the molecule is Cc1ccc(C)n1-c1nc2ccc(C(=O)Nc3ccc(O)cc3)cc2s1. The van der Waals surface area contributed by atoms with E-state index in [-0.39, 0.29) is 11.7 Å². The maximum atomic E-state index is 12.5. The van der Waals surface area contributed by atoms with Crippen LogP contribution in [0.5, 0.6) is 5.75 Å². The molecule has 0 radical (unpaired) electrons. The fourth-order valence-electron chi connectivity index (χ4n) is 2.87. The summed E-state index contributed by atoms with van der Waals surface area (Å²) in [4.78, 5) is 17.2. The summed E-state index contributed by atoms with van der Waals surface area (Å²) >= 11 is 1.56. The molecule has 0 fully saturated rings. The van der Waals surface area contributed by atoms with Gasteiger partial charge < -0.3 is 10.4 Å². The number of aryl methyl sites for hydroxylation is 2. The topological polar surface area (TPSA) is 67.2 Å². The number of anilines is 1. The zero-order chi connectivity index (χ0) is 18.3. The Morgan fingerprint density at radius 3 is 2.42 bits per heavy atom. The number of aromatic hydroxyl groups is 1. The first-order valence-corrected chi connectivity index (χ1v) is 8.99. The Morgan fingerprint density at radius 2 is 1.73 bits per heavy atom. The van der Waals surface area contributed by atoms with Gasteiger partial charge in [0.2, 0.25) is 0 Å². The smallest absolute Gasteiger partial charge is 0.255 e. The quantitative estimate of drug-likeness (QED) is 0.520. The van der Waals surface area contributed by atoms with Crippen molar-refractivity contribution in [2.75, 3.05) is 5.32 Å². The number of hydrogen-bond donors (Lipinski definition) is 2. The summed E-state index contributed by atoms with van der Waals surface area (Å²) in [7, 11) is 0. The predicted molar refractivity (Wildman–Crippen MR) is 104 cm³/mol. The molecule has 2 heterocycles. The number of fused-ring (bicyclic) bond motifs is 1. The van der Waals surface area contributed by atoms with Crippen LogP contribution in [0.1, 0.15) is 21.7 Å². The van der Waals surface area contributed by atoms with Gasteiger partial charge in [-0.25, -0.2) is 4.98 Å². The second kappa shape index (κ2) is 6.31. The van der Waals surface area contributed by atoms with E-state index in [0.29, 0.717) is 11.3 Å². The first kappa shape index (κ1) is 16.4. The van der Waals surface area contributed by atoms with Crippen LogP contribution in [-0.4, -0.2) is 20.6 Å². The summed E-state index contributed by atoms with van der Waals surface area (Å²) in [6.07, 6.45) is 0. The van der Waals surface area contributed by atoms with Crippen LogP contribution in [0.25, 0.3) is 15.3 Å². The standard InChI is InChI=1S/C20H17N3O2S/c1-12-3-4-13(2)23(12)20-22-17-10-5-14(11-18(17)26-20)19(25)21-15-6-8-16(24)9-7-15/h3-11,24H,1-2H3,(H,21,25). The average molecular weight is 363 g/mol. The highest BCUT2D eigenvalue weighted by Gasteiger charge is 2.13. The number of amides is 1. The third-order valence-corrected chi connectivity index (χ3v) is 5.23. The van der Waals surface area contributed by atoms with Crippen molar-refractivity contribution in [2.45, 2.75) is 13.8 Å². The van der Waals surface area contributed by atoms with Gasteiger partial charge in [0.25, 0.3) is 5.91 Å². The monoisotopic (exact) mass is 363 g/mol. The Kier molecular flexibility index (Phi) is 3.97. The maximum Gasteiger partial charge on any atom is 0.255 e. The molecule has 5 nitrogen and oxygen atoms in total. The number of carbonyl (C=O) groups excluding carboxylic acids is 1. The van der Waals surface area contributed by atoms with Crippen molar-refractivity contribution in [3.05, 3.63) is 71.5 Å². The van der Waals surface area contributed by atoms with E-state index in [1.54, 1.807) is 29.5 Å². The number of hydrogen-bond acceptors (Lipinski definition) is 4. The van der Waals surface area contributed by atoms with E-state index in [2.05, 4.69) is 35.9 Å². The number of rotatable bonds is 3. The zero-order valence-electron chi connectivity index (χ0n) is 14.4. The molecule has 2 aromatic carbocycles. The molecule has 1 amide bonds. The Labute approximate surface area is 154 Å². The van der Waals surface area contributed by atoms with Gasteiger partial charge in [-0.05, 0) is 68.4 Å². The van der Waals surface area contributed by atoms with Gasteiger partial charge in [0, 0.05) is 22.6 Å². The second-order valence-electron chi connectivity index (χ2n) is 6.13. The lowest BCUT2D eigenvalue weighted by atomic mass is 10.2. The van der Waals surface area contributed by atoms with Crippen LogP contribution in [0.3, 0.4) is 0 Å². The van der Waals surface area contributed by atoms with Gasteiger partial charge in [0.1, 0.15) is 5.75 Å². The minimum Gasteiger partial charge on any atom is -0.508 e. The van der Waals surface area contributed by atoms with Crippen molar-refractivity contribution in [3.8, 4) is 10.9 Å². The second-order valence-corrected chi connectivity index (χ2v) is 7.14. The normalized spacial score (nSPS) is 11.0. The number of benzene rings is 2. The number of phenolic OH excluding ortho intramolecular Hbond substituents is 1. The first-order valence-electron chi connectivity index (χ1n) is 8.17. The molecule has 130 valence electrons. The highest BCUT2D eigenvalue weighted by Crippen LogP contribution is 2.28. The van der Waals surface area contributed by atoms with E-state index in [9.17, 15) is 9.90 Å². The molecule has 0 saturated heterocycles. The van der Waals surface area contributed by atoms with Crippen molar-refractivity contribution in [1.82, 2.24) is 9.55 Å². The molecule has 4 rings (SSSR count). The minimum atomic E-state index is -0.194. The molecule has 0 unspecified atom stereocenters. The minimum absolute atomic E-state index is 0.164. The summed E-state index contributed by atoms with van der Waals surface area (Å²) < 4.78 is 3.08. The third kappa shape index (κ3) is 2.95. The number of phenols is 1. The van der Waals surface area contributed by atoms with Crippen LogP contribution in [0.15, 0.2) is 54.6 Å². The highest BCUT2D eigenvalue weighted by atomic mass is 32.1. The van der Waals surface area contributed by atoms with Crippen molar-refractivity contribution >= 4 is 33.1 Å². The van der Waals surface area contributed by atoms with Crippen LogP contribution in [0.2, 0.25) is 0 Å². The third-order valence-electron chi connectivity index (χ3n) is 4.23. The summed E-state index contributed by atoms with van der Waals surface area (Å²) in [5.74, 6) is -0.0296. The number of nitrogens with zero attached hydrogens (tertiary/aromatic N) is 2. The Morgan fingerprint density at radius 1 is 1.04 bits per heavy atom. The molecule has 2 N–H and O–H groups in total. The molecule has 0 aliphatic carbocycles. The van der Waals surface area contributed by atoms with Crippen LogP contribution in [-0.2, 0) is 0 Å². The van der Waals surface area contributed by atoms with Crippen LogP contribution < -0.4 is 5.32 Å². The molecule has 0 aliphatic rings. The fourth-order valence-corrected chi connectivity index (χ4v) is 3.99. The average Bonchev–Trinajstić information content (AvgIpc) is 3.18. The van der Waals surface area contributed by atoms with Crippen molar-refractivity contribution in [3.63, 3.8) is 0 Å². The summed E-state index contributed by atoms with van der Waals surface area (Å²) in [6.45, 7) is 4.10. The molecule has 0 saturated carbocycles.